The van der Waals surface area contributed by atoms with Gasteiger partial charge in [0.2, 0.25) is 5.91 Å². The van der Waals surface area contributed by atoms with Gasteiger partial charge in [-0.15, -0.1) is 10.2 Å². The highest BCUT2D eigenvalue weighted by Gasteiger charge is 2.23. The monoisotopic (exact) mass is 316 g/mol. The lowest BCUT2D eigenvalue weighted by Crippen LogP contribution is -2.28. The van der Waals surface area contributed by atoms with Crippen LogP contribution in [0.15, 0.2) is 35.7 Å². The third-order valence-corrected chi connectivity index (χ3v) is 4.85. The first-order valence-electron chi connectivity index (χ1n) is 7.54. The van der Waals surface area contributed by atoms with Crippen molar-refractivity contribution in [1.82, 2.24) is 20.1 Å². The van der Waals surface area contributed by atoms with Crippen LogP contribution in [0, 0.1) is 0 Å². The number of amides is 1. The molecule has 1 N–H and O–H groups in total. The van der Waals surface area contributed by atoms with Crippen molar-refractivity contribution in [1.29, 1.82) is 0 Å². The lowest BCUT2D eigenvalue weighted by molar-refractivity contribution is -0.119. The van der Waals surface area contributed by atoms with Gasteiger partial charge >= 0.3 is 0 Å². The Kier molecular flexibility index (Phi) is 4.47. The van der Waals surface area contributed by atoms with Gasteiger partial charge in [0.15, 0.2) is 5.16 Å². The van der Waals surface area contributed by atoms with Crippen LogP contribution in [0.5, 0.6) is 0 Å². The molecule has 5 nitrogen and oxygen atoms in total. The Morgan fingerprint density at radius 1 is 1.45 bits per heavy atom. The van der Waals surface area contributed by atoms with Crippen LogP contribution in [0.3, 0.4) is 0 Å². The molecule has 6 heteroatoms. The maximum absolute atomic E-state index is 12.2. The number of aromatic nitrogens is 3. The molecule has 1 heterocycles. The topological polar surface area (TPSA) is 59.8 Å². The second-order valence-electron chi connectivity index (χ2n) is 5.76. The third-order valence-electron chi connectivity index (χ3n) is 3.90. The van der Waals surface area contributed by atoms with E-state index < -0.39 is 0 Å². The van der Waals surface area contributed by atoms with Crippen LogP contribution in [0.4, 0.5) is 0 Å². The Labute approximate surface area is 134 Å². The second kappa shape index (κ2) is 6.52. The number of carbonyl (C=O) groups excluding carboxylic acids is 1. The minimum absolute atomic E-state index is 0.0463. The molecule has 1 aromatic carbocycles. The lowest BCUT2D eigenvalue weighted by atomic mass is 10.1. The summed E-state index contributed by atoms with van der Waals surface area (Å²) in [6.45, 7) is 4.14. The van der Waals surface area contributed by atoms with E-state index in [-0.39, 0.29) is 11.9 Å². The van der Waals surface area contributed by atoms with Gasteiger partial charge in [-0.25, -0.2) is 0 Å². The zero-order valence-corrected chi connectivity index (χ0v) is 13.6. The molecule has 3 rings (SSSR count). The highest BCUT2D eigenvalue weighted by atomic mass is 32.2. The molecule has 1 aliphatic rings. The molecule has 1 amide bonds. The Morgan fingerprint density at radius 2 is 2.27 bits per heavy atom. The summed E-state index contributed by atoms with van der Waals surface area (Å²) in [4.78, 5) is 12.2. The predicted molar refractivity (Wildman–Crippen MR) is 86.8 cm³/mol. The molecule has 0 saturated heterocycles. The van der Waals surface area contributed by atoms with Crippen molar-refractivity contribution in [3.8, 4) is 0 Å². The summed E-state index contributed by atoms with van der Waals surface area (Å²) in [5.41, 5.74) is 2.60. The van der Waals surface area contributed by atoms with Crippen LogP contribution < -0.4 is 5.32 Å². The average molecular weight is 316 g/mol. The number of thioether (sulfide) groups is 1. The molecule has 1 atom stereocenters. The van der Waals surface area contributed by atoms with Crippen molar-refractivity contribution in [2.24, 2.45) is 0 Å². The molecule has 2 aromatic rings. The summed E-state index contributed by atoms with van der Waals surface area (Å²) in [6.07, 6.45) is 3.73. The Hall–Kier alpha value is -1.82. The van der Waals surface area contributed by atoms with Crippen molar-refractivity contribution in [3.05, 3.63) is 41.7 Å². The van der Waals surface area contributed by atoms with E-state index in [0.717, 1.165) is 18.0 Å². The molecule has 0 saturated carbocycles. The number of hydrogen-bond acceptors (Lipinski definition) is 4. The maximum atomic E-state index is 12.2. The first kappa shape index (κ1) is 15.1. The summed E-state index contributed by atoms with van der Waals surface area (Å²) in [5, 5.41) is 11.9. The van der Waals surface area contributed by atoms with Gasteiger partial charge in [-0.2, -0.15) is 0 Å². The van der Waals surface area contributed by atoms with Gasteiger partial charge in [0.25, 0.3) is 0 Å². The van der Waals surface area contributed by atoms with Crippen LogP contribution in [0.1, 0.15) is 43.5 Å². The van der Waals surface area contributed by atoms with Gasteiger partial charge in [-0.3, -0.25) is 4.79 Å². The fourth-order valence-corrected chi connectivity index (χ4v) is 3.62. The van der Waals surface area contributed by atoms with E-state index in [2.05, 4.69) is 47.6 Å². The first-order chi connectivity index (χ1) is 10.6. The number of nitrogens with zero attached hydrogens (tertiary/aromatic N) is 3. The zero-order valence-electron chi connectivity index (χ0n) is 12.8. The number of carbonyl (C=O) groups is 1. The molecular formula is C16H20N4OS. The molecule has 0 fully saturated rings. The van der Waals surface area contributed by atoms with E-state index >= 15 is 0 Å². The van der Waals surface area contributed by atoms with Crippen molar-refractivity contribution in [3.63, 3.8) is 0 Å². The van der Waals surface area contributed by atoms with Gasteiger partial charge in [-0.05, 0) is 37.8 Å². The van der Waals surface area contributed by atoms with Crippen LogP contribution in [-0.4, -0.2) is 26.4 Å². The molecule has 0 aliphatic heterocycles. The van der Waals surface area contributed by atoms with Crippen molar-refractivity contribution in [2.45, 2.75) is 43.9 Å². The first-order valence-corrected chi connectivity index (χ1v) is 8.53. The van der Waals surface area contributed by atoms with Crippen molar-refractivity contribution < 1.29 is 4.79 Å². The number of aryl methyl sites for hydroxylation is 1. The summed E-state index contributed by atoms with van der Waals surface area (Å²) in [6, 6.07) is 8.77. The molecule has 0 spiro atoms. The summed E-state index contributed by atoms with van der Waals surface area (Å²) in [5.74, 6) is 0.411. The predicted octanol–water partition coefficient (Wildman–Crippen LogP) is 2.75. The molecule has 0 bridgehead atoms. The fourth-order valence-electron chi connectivity index (χ4n) is 2.76. The Bertz CT molecular complexity index is 668. The molecule has 0 radical (unpaired) electrons. The number of rotatable bonds is 5. The quantitative estimate of drug-likeness (QED) is 0.862. The van der Waals surface area contributed by atoms with E-state index in [0.29, 0.717) is 11.8 Å². The van der Waals surface area contributed by atoms with Crippen LogP contribution in [0.2, 0.25) is 0 Å². The van der Waals surface area contributed by atoms with Gasteiger partial charge in [0, 0.05) is 6.04 Å². The van der Waals surface area contributed by atoms with Gasteiger partial charge in [0.1, 0.15) is 6.33 Å². The largest absolute Gasteiger partial charge is 0.349 e. The van der Waals surface area contributed by atoms with Gasteiger partial charge in [0.05, 0.1) is 11.8 Å². The SMILES string of the molecule is CC(C)n1cnnc1SCC(=O)NC1CCc2ccccc21. The fraction of sp³-hybridized carbons (Fsp3) is 0.438. The molecule has 1 unspecified atom stereocenters. The molecule has 1 aromatic heterocycles. The zero-order chi connectivity index (χ0) is 15.5. The summed E-state index contributed by atoms with van der Waals surface area (Å²) in [7, 11) is 0. The smallest absolute Gasteiger partial charge is 0.230 e. The van der Waals surface area contributed by atoms with E-state index in [1.807, 2.05) is 10.6 Å². The second-order valence-corrected chi connectivity index (χ2v) is 6.70. The number of hydrogen-bond donors (Lipinski definition) is 1. The maximum Gasteiger partial charge on any atom is 0.230 e. The number of fused-ring (bicyclic) bond motifs is 1. The number of nitrogens with one attached hydrogen (secondary N) is 1. The Morgan fingerprint density at radius 3 is 3.09 bits per heavy atom. The average Bonchev–Trinajstić information content (AvgIpc) is 3.12. The van der Waals surface area contributed by atoms with E-state index in [4.69, 9.17) is 0 Å². The molecule has 1 aliphatic carbocycles. The van der Waals surface area contributed by atoms with Crippen LogP contribution in [0.25, 0.3) is 0 Å². The highest BCUT2D eigenvalue weighted by molar-refractivity contribution is 7.99. The van der Waals surface area contributed by atoms with Gasteiger partial charge < -0.3 is 9.88 Å². The normalized spacial score (nSPS) is 16.8. The third kappa shape index (κ3) is 3.16. The van der Waals surface area contributed by atoms with E-state index in [9.17, 15) is 4.79 Å². The van der Waals surface area contributed by atoms with Gasteiger partial charge in [-0.1, -0.05) is 36.0 Å². The Balaban J connectivity index is 1.57. The van der Waals surface area contributed by atoms with Crippen molar-refractivity contribution >= 4 is 17.7 Å². The standard InChI is InChI=1S/C16H20N4OS/c1-11(2)20-10-17-19-16(20)22-9-15(21)18-14-8-7-12-5-3-4-6-13(12)14/h3-6,10-11,14H,7-9H2,1-2H3,(H,18,21). The summed E-state index contributed by atoms with van der Waals surface area (Å²) >= 11 is 1.43. The summed E-state index contributed by atoms with van der Waals surface area (Å²) < 4.78 is 1.98. The minimum Gasteiger partial charge on any atom is -0.349 e. The molecule has 22 heavy (non-hydrogen) atoms. The van der Waals surface area contributed by atoms with Crippen LogP contribution >= 0.6 is 11.8 Å². The number of benzene rings is 1. The van der Waals surface area contributed by atoms with Crippen LogP contribution in [-0.2, 0) is 11.2 Å². The lowest BCUT2D eigenvalue weighted by Gasteiger charge is -2.14. The van der Waals surface area contributed by atoms with E-state index in [1.165, 1.54) is 22.9 Å². The highest BCUT2D eigenvalue weighted by Crippen LogP contribution is 2.30. The molecular weight excluding hydrogens is 296 g/mol. The van der Waals surface area contributed by atoms with E-state index in [1.54, 1.807) is 6.33 Å². The molecule has 116 valence electrons. The minimum atomic E-state index is 0.0463. The van der Waals surface area contributed by atoms with Crippen molar-refractivity contribution in [2.75, 3.05) is 5.75 Å².